The molecule has 0 fully saturated rings. The number of carbonyl (C=O) groups is 1. The Labute approximate surface area is 131 Å². The lowest BCUT2D eigenvalue weighted by Gasteiger charge is -2.15. The van der Waals surface area contributed by atoms with Crippen molar-refractivity contribution in [3.63, 3.8) is 0 Å². The maximum atomic E-state index is 12.2. The monoisotopic (exact) mass is 294 g/mol. The fourth-order valence-corrected chi connectivity index (χ4v) is 2.34. The number of para-hydroxylation sites is 1. The molecule has 2 aromatic carbocycles. The van der Waals surface area contributed by atoms with Crippen LogP contribution in [0.15, 0.2) is 48.5 Å². The van der Waals surface area contributed by atoms with Gasteiger partial charge in [0, 0.05) is 17.5 Å². The Morgan fingerprint density at radius 1 is 1.18 bits per heavy atom. The lowest BCUT2D eigenvalue weighted by molar-refractivity contribution is -0.111. The highest BCUT2D eigenvalue weighted by Crippen LogP contribution is 2.27. The van der Waals surface area contributed by atoms with E-state index in [4.69, 9.17) is 5.73 Å². The zero-order valence-corrected chi connectivity index (χ0v) is 13.3. The summed E-state index contributed by atoms with van der Waals surface area (Å²) in [7, 11) is 0. The predicted octanol–water partition coefficient (Wildman–Crippen LogP) is 4.35. The molecule has 0 saturated carbocycles. The van der Waals surface area contributed by atoms with Crippen LogP contribution in [0.1, 0.15) is 36.5 Å². The quantitative estimate of drug-likeness (QED) is 0.650. The number of hydrogen-bond acceptors (Lipinski definition) is 2. The van der Waals surface area contributed by atoms with Crippen LogP contribution in [0.5, 0.6) is 0 Å². The van der Waals surface area contributed by atoms with Gasteiger partial charge < -0.3 is 11.1 Å². The number of benzene rings is 2. The van der Waals surface area contributed by atoms with Crippen LogP contribution in [0.25, 0.3) is 6.08 Å². The molecule has 0 heterocycles. The lowest BCUT2D eigenvalue weighted by Crippen LogP contribution is -2.11. The maximum absolute atomic E-state index is 12.2. The molecule has 0 unspecified atom stereocenters. The van der Waals surface area contributed by atoms with Gasteiger partial charge in [-0.05, 0) is 47.7 Å². The minimum Gasteiger partial charge on any atom is -0.399 e. The second kappa shape index (κ2) is 6.94. The largest absolute Gasteiger partial charge is 0.399 e. The van der Waals surface area contributed by atoms with Crippen molar-refractivity contribution in [3.8, 4) is 0 Å². The standard InChI is InChI=1S/C19H22N2O/c1-13(2)17-9-4-6-14(3)19(17)21-18(22)11-10-15-7-5-8-16(20)12-15/h4-13H,20H2,1-3H3,(H,21,22)/b11-10+. The second-order valence-electron chi connectivity index (χ2n) is 5.69. The molecule has 0 radical (unpaired) electrons. The molecule has 114 valence electrons. The van der Waals surface area contributed by atoms with E-state index < -0.39 is 0 Å². The van der Waals surface area contributed by atoms with Crippen LogP contribution in [0.3, 0.4) is 0 Å². The smallest absolute Gasteiger partial charge is 0.248 e. The van der Waals surface area contributed by atoms with Gasteiger partial charge in [-0.2, -0.15) is 0 Å². The summed E-state index contributed by atoms with van der Waals surface area (Å²) in [5.41, 5.74) is 10.4. The van der Waals surface area contributed by atoms with E-state index in [1.165, 1.54) is 6.08 Å². The summed E-state index contributed by atoms with van der Waals surface area (Å²) in [5, 5.41) is 2.99. The van der Waals surface area contributed by atoms with Crippen LogP contribution in [0.4, 0.5) is 11.4 Å². The molecule has 2 rings (SSSR count). The molecule has 3 heteroatoms. The molecule has 22 heavy (non-hydrogen) atoms. The summed E-state index contributed by atoms with van der Waals surface area (Å²) < 4.78 is 0. The van der Waals surface area contributed by atoms with Crippen molar-refractivity contribution in [2.75, 3.05) is 11.1 Å². The van der Waals surface area contributed by atoms with Crippen molar-refractivity contribution in [3.05, 3.63) is 65.2 Å². The molecule has 0 bridgehead atoms. The second-order valence-corrected chi connectivity index (χ2v) is 5.69. The van der Waals surface area contributed by atoms with Crippen molar-refractivity contribution in [1.29, 1.82) is 0 Å². The first-order valence-electron chi connectivity index (χ1n) is 7.41. The minimum absolute atomic E-state index is 0.140. The normalized spacial score (nSPS) is 11.1. The summed E-state index contributed by atoms with van der Waals surface area (Å²) in [4.78, 5) is 12.2. The highest BCUT2D eigenvalue weighted by atomic mass is 16.1. The van der Waals surface area contributed by atoms with E-state index in [1.807, 2.05) is 43.3 Å². The lowest BCUT2D eigenvalue weighted by atomic mass is 9.98. The topological polar surface area (TPSA) is 55.1 Å². The van der Waals surface area contributed by atoms with E-state index in [2.05, 4.69) is 25.2 Å². The van der Waals surface area contributed by atoms with Crippen molar-refractivity contribution in [1.82, 2.24) is 0 Å². The summed E-state index contributed by atoms with van der Waals surface area (Å²) in [6, 6.07) is 13.5. The third-order valence-electron chi connectivity index (χ3n) is 3.51. The number of amides is 1. The number of nitrogen functional groups attached to an aromatic ring is 1. The first-order valence-corrected chi connectivity index (χ1v) is 7.41. The van der Waals surface area contributed by atoms with E-state index in [0.717, 1.165) is 22.4 Å². The van der Waals surface area contributed by atoms with Gasteiger partial charge in [0.1, 0.15) is 0 Å². The number of nitrogens with two attached hydrogens (primary N) is 1. The molecule has 2 aromatic rings. The van der Waals surface area contributed by atoms with Crippen molar-refractivity contribution in [2.24, 2.45) is 0 Å². The molecule has 0 aliphatic heterocycles. The van der Waals surface area contributed by atoms with Crippen molar-refractivity contribution < 1.29 is 4.79 Å². The number of rotatable bonds is 4. The van der Waals surface area contributed by atoms with Gasteiger partial charge in [0.15, 0.2) is 0 Å². The van der Waals surface area contributed by atoms with Crippen LogP contribution in [0, 0.1) is 6.92 Å². The average Bonchev–Trinajstić information content (AvgIpc) is 2.47. The van der Waals surface area contributed by atoms with Crippen LogP contribution in [-0.2, 0) is 4.79 Å². The minimum atomic E-state index is -0.140. The molecule has 3 N–H and O–H groups in total. The van der Waals surface area contributed by atoms with Gasteiger partial charge in [-0.25, -0.2) is 0 Å². The van der Waals surface area contributed by atoms with Gasteiger partial charge in [0.05, 0.1) is 0 Å². The number of aryl methyl sites for hydroxylation is 1. The van der Waals surface area contributed by atoms with Gasteiger partial charge >= 0.3 is 0 Å². The molecule has 0 spiro atoms. The Hall–Kier alpha value is -2.55. The highest BCUT2D eigenvalue weighted by Gasteiger charge is 2.10. The fourth-order valence-electron chi connectivity index (χ4n) is 2.34. The molecule has 0 aromatic heterocycles. The average molecular weight is 294 g/mol. The molecule has 0 aliphatic carbocycles. The van der Waals surface area contributed by atoms with E-state index in [9.17, 15) is 4.79 Å². The first-order chi connectivity index (χ1) is 10.5. The molecule has 1 amide bonds. The van der Waals surface area contributed by atoms with Crippen LogP contribution < -0.4 is 11.1 Å². The van der Waals surface area contributed by atoms with Gasteiger partial charge in [-0.3, -0.25) is 4.79 Å². The van der Waals surface area contributed by atoms with Crippen LogP contribution in [0.2, 0.25) is 0 Å². The Morgan fingerprint density at radius 3 is 2.59 bits per heavy atom. The maximum Gasteiger partial charge on any atom is 0.248 e. The Morgan fingerprint density at radius 2 is 1.91 bits per heavy atom. The molecule has 0 saturated heterocycles. The van der Waals surface area contributed by atoms with Gasteiger partial charge in [0.2, 0.25) is 5.91 Å². The molecule has 0 aliphatic rings. The van der Waals surface area contributed by atoms with E-state index in [1.54, 1.807) is 6.08 Å². The summed E-state index contributed by atoms with van der Waals surface area (Å²) >= 11 is 0. The Bertz CT molecular complexity index is 702. The molecule has 0 atom stereocenters. The number of hydrogen-bond donors (Lipinski definition) is 2. The van der Waals surface area contributed by atoms with Crippen LogP contribution >= 0.6 is 0 Å². The highest BCUT2D eigenvalue weighted by molar-refractivity contribution is 6.02. The third kappa shape index (κ3) is 3.98. The van der Waals surface area contributed by atoms with E-state index in [0.29, 0.717) is 11.6 Å². The van der Waals surface area contributed by atoms with E-state index in [-0.39, 0.29) is 5.91 Å². The van der Waals surface area contributed by atoms with E-state index >= 15 is 0 Å². The number of nitrogens with one attached hydrogen (secondary N) is 1. The predicted molar refractivity (Wildman–Crippen MR) is 93.8 cm³/mol. The summed E-state index contributed by atoms with van der Waals surface area (Å²) in [5.74, 6) is 0.215. The summed E-state index contributed by atoms with van der Waals surface area (Å²) in [6.45, 7) is 6.24. The Kier molecular flexibility index (Phi) is 4.99. The summed E-state index contributed by atoms with van der Waals surface area (Å²) in [6.07, 6.45) is 3.30. The zero-order chi connectivity index (χ0) is 16.1. The van der Waals surface area contributed by atoms with Crippen molar-refractivity contribution >= 4 is 23.4 Å². The number of carbonyl (C=O) groups excluding carboxylic acids is 1. The van der Waals surface area contributed by atoms with Crippen molar-refractivity contribution in [2.45, 2.75) is 26.7 Å². The molecule has 3 nitrogen and oxygen atoms in total. The number of anilines is 2. The Balaban J connectivity index is 2.16. The van der Waals surface area contributed by atoms with Gasteiger partial charge in [-0.15, -0.1) is 0 Å². The third-order valence-corrected chi connectivity index (χ3v) is 3.51. The molecular formula is C19H22N2O. The van der Waals surface area contributed by atoms with Gasteiger partial charge in [0.25, 0.3) is 0 Å². The first kappa shape index (κ1) is 15.8. The fraction of sp³-hybridized carbons (Fsp3) is 0.211. The SMILES string of the molecule is Cc1cccc(C(C)C)c1NC(=O)/C=C/c1cccc(N)c1. The van der Waals surface area contributed by atoms with Crippen LogP contribution in [-0.4, -0.2) is 5.91 Å². The van der Waals surface area contributed by atoms with Gasteiger partial charge in [-0.1, -0.05) is 44.2 Å². The zero-order valence-electron chi connectivity index (χ0n) is 13.3. The molecular weight excluding hydrogens is 272 g/mol.